The van der Waals surface area contributed by atoms with Gasteiger partial charge in [-0.25, -0.2) is 9.48 Å². The number of hydrogen-bond acceptors (Lipinski definition) is 6. The fourth-order valence-electron chi connectivity index (χ4n) is 2.56. The van der Waals surface area contributed by atoms with Gasteiger partial charge in [0.05, 0.1) is 4.88 Å². The van der Waals surface area contributed by atoms with Gasteiger partial charge in [-0.05, 0) is 11.4 Å². The van der Waals surface area contributed by atoms with Crippen molar-refractivity contribution >= 4 is 23.1 Å². The highest BCUT2D eigenvalue weighted by Gasteiger charge is 2.25. The molecule has 0 bridgehead atoms. The van der Waals surface area contributed by atoms with Gasteiger partial charge in [0.2, 0.25) is 5.82 Å². The van der Waals surface area contributed by atoms with Gasteiger partial charge in [-0.3, -0.25) is 14.2 Å². The number of piperazine rings is 1. The van der Waals surface area contributed by atoms with E-state index in [0.717, 1.165) is 14.1 Å². The molecule has 0 saturated carbocycles. The zero-order valence-electron chi connectivity index (χ0n) is 12.9. The fraction of sp³-hybridized carbons (Fsp3) is 0.429. The van der Waals surface area contributed by atoms with E-state index >= 15 is 0 Å². The summed E-state index contributed by atoms with van der Waals surface area (Å²) in [4.78, 5) is 40.5. The number of amides is 1. The van der Waals surface area contributed by atoms with Crippen molar-refractivity contribution in [2.45, 2.75) is 0 Å². The first kappa shape index (κ1) is 15.5. The molecule has 0 spiro atoms. The molecule has 2 aromatic heterocycles. The van der Waals surface area contributed by atoms with E-state index in [4.69, 9.17) is 0 Å². The Hall–Kier alpha value is -2.42. The molecular formula is C14H17N5O3S. The van der Waals surface area contributed by atoms with Crippen LogP contribution in [0.2, 0.25) is 0 Å². The van der Waals surface area contributed by atoms with Crippen molar-refractivity contribution in [3.05, 3.63) is 43.2 Å². The Bertz CT molecular complexity index is 831. The average molecular weight is 335 g/mol. The lowest BCUT2D eigenvalue weighted by molar-refractivity contribution is 0.0751. The molecule has 0 N–H and O–H groups in total. The van der Waals surface area contributed by atoms with Crippen LogP contribution in [0.15, 0.2) is 27.1 Å². The van der Waals surface area contributed by atoms with E-state index in [1.54, 1.807) is 4.90 Å². The summed E-state index contributed by atoms with van der Waals surface area (Å²) < 4.78 is 2.20. The molecule has 3 rings (SSSR count). The van der Waals surface area contributed by atoms with Gasteiger partial charge in [0, 0.05) is 40.3 Å². The second-order valence-electron chi connectivity index (χ2n) is 5.35. The van der Waals surface area contributed by atoms with Gasteiger partial charge in [0.25, 0.3) is 11.5 Å². The van der Waals surface area contributed by atoms with Crippen molar-refractivity contribution in [3.8, 4) is 0 Å². The highest BCUT2D eigenvalue weighted by molar-refractivity contribution is 7.12. The van der Waals surface area contributed by atoms with Gasteiger partial charge >= 0.3 is 5.69 Å². The Morgan fingerprint density at radius 1 is 1.17 bits per heavy atom. The molecular weight excluding hydrogens is 318 g/mol. The zero-order chi connectivity index (χ0) is 16.6. The second kappa shape index (κ2) is 5.99. The third kappa shape index (κ3) is 2.79. The quantitative estimate of drug-likeness (QED) is 0.739. The predicted octanol–water partition coefficient (Wildman–Crippen LogP) is -0.497. The van der Waals surface area contributed by atoms with E-state index in [0.29, 0.717) is 26.2 Å². The number of thiophene rings is 1. The van der Waals surface area contributed by atoms with Crippen LogP contribution in [0, 0.1) is 0 Å². The van der Waals surface area contributed by atoms with Gasteiger partial charge in [-0.1, -0.05) is 6.07 Å². The Balaban J connectivity index is 1.76. The minimum atomic E-state index is -0.453. The van der Waals surface area contributed by atoms with Crippen LogP contribution in [0.3, 0.4) is 0 Å². The van der Waals surface area contributed by atoms with Crippen molar-refractivity contribution in [1.29, 1.82) is 0 Å². The molecule has 1 aliphatic rings. The third-order valence-corrected chi connectivity index (χ3v) is 4.76. The Kier molecular flexibility index (Phi) is 4.03. The minimum absolute atomic E-state index is 0.0148. The lowest BCUT2D eigenvalue weighted by atomic mass is 10.3. The fourth-order valence-corrected chi connectivity index (χ4v) is 3.25. The van der Waals surface area contributed by atoms with E-state index in [9.17, 15) is 14.4 Å². The second-order valence-corrected chi connectivity index (χ2v) is 6.30. The van der Waals surface area contributed by atoms with Crippen LogP contribution in [0.1, 0.15) is 9.67 Å². The van der Waals surface area contributed by atoms with Crippen molar-refractivity contribution < 1.29 is 4.79 Å². The third-order valence-electron chi connectivity index (χ3n) is 3.90. The molecule has 3 heterocycles. The summed E-state index contributed by atoms with van der Waals surface area (Å²) >= 11 is 1.42. The molecule has 0 radical (unpaired) electrons. The van der Waals surface area contributed by atoms with Crippen LogP contribution < -0.4 is 16.1 Å². The Morgan fingerprint density at radius 2 is 1.87 bits per heavy atom. The maximum absolute atomic E-state index is 12.3. The first-order valence-electron chi connectivity index (χ1n) is 7.21. The van der Waals surface area contributed by atoms with Crippen LogP contribution >= 0.6 is 11.3 Å². The molecule has 1 saturated heterocycles. The van der Waals surface area contributed by atoms with Crippen molar-refractivity contribution in [2.75, 3.05) is 31.1 Å². The number of nitrogens with zero attached hydrogens (tertiary/aromatic N) is 5. The number of aryl methyl sites for hydroxylation is 1. The molecule has 1 fully saturated rings. The molecule has 0 aliphatic carbocycles. The van der Waals surface area contributed by atoms with Crippen molar-refractivity contribution in [3.63, 3.8) is 0 Å². The monoisotopic (exact) mass is 335 g/mol. The molecule has 23 heavy (non-hydrogen) atoms. The van der Waals surface area contributed by atoms with E-state index in [1.165, 1.54) is 25.4 Å². The highest BCUT2D eigenvalue weighted by atomic mass is 32.1. The van der Waals surface area contributed by atoms with E-state index in [2.05, 4.69) is 5.10 Å². The first-order chi connectivity index (χ1) is 11.0. The molecule has 1 aliphatic heterocycles. The number of rotatable bonds is 2. The topological polar surface area (TPSA) is 80.4 Å². The van der Waals surface area contributed by atoms with Crippen LogP contribution in [-0.2, 0) is 14.1 Å². The standard InChI is InChI=1S/C14H17N5O3S/c1-16-13(21)11(15-17(2)14(16)22)18-5-7-19(8-6-18)12(20)10-4-3-9-23-10/h3-4,9H,5-8H2,1-2H3. The normalized spacial score (nSPS) is 15.0. The van der Waals surface area contributed by atoms with Gasteiger partial charge in [-0.15, -0.1) is 16.4 Å². The largest absolute Gasteiger partial charge is 0.347 e. The van der Waals surface area contributed by atoms with Crippen molar-refractivity contribution in [1.82, 2.24) is 19.2 Å². The molecule has 0 unspecified atom stereocenters. The molecule has 9 heteroatoms. The number of anilines is 1. The highest BCUT2D eigenvalue weighted by Crippen LogP contribution is 2.15. The number of carbonyl (C=O) groups excluding carboxylic acids is 1. The number of hydrogen-bond donors (Lipinski definition) is 0. The summed E-state index contributed by atoms with van der Waals surface area (Å²) in [6.45, 7) is 2.06. The number of carbonyl (C=O) groups is 1. The summed E-state index contributed by atoms with van der Waals surface area (Å²) in [5.74, 6) is 0.263. The summed E-state index contributed by atoms with van der Waals surface area (Å²) in [5, 5.41) is 5.95. The lowest BCUT2D eigenvalue weighted by Crippen LogP contribution is -2.52. The zero-order valence-corrected chi connectivity index (χ0v) is 13.7. The molecule has 8 nitrogen and oxygen atoms in total. The predicted molar refractivity (Wildman–Crippen MR) is 87.2 cm³/mol. The maximum atomic E-state index is 12.3. The molecule has 2 aromatic rings. The average Bonchev–Trinajstić information content (AvgIpc) is 3.10. The maximum Gasteiger partial charge on any atom is 0.346 e. The van der Waals surface area contributed by atoms with Gasteiger partial charge < -0.3 is 9.80 Å². The van der Waals surface area contributed by atoms with E-state index < -0.39 is 11.2 Å². The minimum Gasteiger partial charge on any atom is -0.347 e. The number of aromatic nitrogens is 3. The molecule has 122 valence electrons. The Labute approximate surface area is 136 Å². The first-order valence-corrected chi connectivity index (χ1v) is 8.09. The van der Waals surface area contributed by atoms with Crippen LogP contribution in [-0.4, -0.2) is 51.3 Å². The van der Waals surface area contributed by atoms with Crippen LogP contribution in [0.5, 0.6) is 0 Å². The van der Waals surface area contributed by atoms with Gasteiger partial charge in [0.15, 0.2) is 0 Å². The summed E-state index contributed by atoms with van der Waals surface area (Å²) in [5.41, 5.74) is -0.864. The SMILES string of the molecule is Cn1nc(N2CCN(C(=O)c3cccs3)CC2)c(=O)n(C)c1=O. The van der Waals surface area contributed by atoms with Crippen LogP contribution in [0.4, 0.5) is 5.82 Å². The lowest BCUT2D eigenvalue weighted by Gasteiger charge is -2.34. The van der Waals surface area contributed by atoms with E-state index in [-0.39, 0.29) is 11.7 Å². The molecule has 1 amide bonds. The smallest absolute Gasteiger partial charge is 0.346 e. The van der Waals surface area contributed by atoms with Gasteiger partial charge in [0.1, 0.15) is 0 Å². The van der Waals surface area contributed by atoms with Crippen molar-refractivity contribution in [2.24, 2.45) is 14.1 Å². The summed E-state index contributed by atoms with van der Waals surface area (Å²) in [6.07, 6.45) is 0. The van der Waals surface area contributed by atoms with Crippen LogP contribution in [0.25, 0.3) is 0 Å². The molecule has 0 atom stereocenters. The Morgan fingerprint density at radius 3 is 2.48 bits per heavy atom. The summed E-state index contributed by atoms with van der Waals surface area (Å²) in [6, 6.07) is 3.66. The van der Waals surface area contributed by atoms with E-state index in [1.807, 2.05) is 22.4 Å². The molecule has 0 aromatic carbocycles. The summed E-state index contributed by atoms with van der Waals surface area (Å²) in [7, 11) is 2.95. The van der Waals surface area contributed by atoms with Gasteiger partial charge in [-0.2, -0.15) is 0 Å².